The Bertz CT molecular complexity index is 950. The van der Waals surface area contributed by atoms with Gasteiger partial charge in [-0.1, -0.05) is 17.2 Å². The fourth-order valence-electron chi connectivity index (χ4n) is 2.15. The number of anilines is 1. The van der Waals surface area contributed by atoms with Gasteiger partial charge in [0.2, 0.25) is 10.0 Å². The van der Waals surface area contributed by atoms with Gasteiger partial charge < -0.3 is 4.84 Å². The first-order chi connectivity index (χ1) is 11.8. The number of fused-ring (bicyclic) bond motifs is 1. The highest BCUT2D eigenvalue weighted by molar-refractivity contribution is 7.92. The lowest BCUT2D eigenvalue weighted by Gasteiger charge is -2.12. The van der Waals surface area contributed by atoms with Gasteiger partial charge in [0.05, 0.1) is 22.9 Å². The van der Waals surface area contributed by atoms with Gasteiger partial charge in [0.1, 0.15) is 5.82 Å². The molecule has 3 rings (SSSR count). The molecule has 9 nitrogen and oxygen atoms in total. The molecule has 1 N–H and O–H groups in total. The number of carbonyl (C=O) groups is 3. The molecule has 1 aliphatic heterocycles. The van der Waals surface area contributed by atoms with E-state index in [0.29, 0.717) is 5.06 Å². The summed E-state index contributed by atoms with van der Waals surface area (Å²) in [6, 6.07) is 8.59. The number of sulfonamides is 1. The fourth-order valence-corrected chi connectivity index (χ4v) is 2.65. The van der Waals surface area contributed by atoms with E-state index in [-0.39, 0.29) is 22.5 Å². The third-order valence-electron chi connectivity index (χ3n) is 3.22. The Morgan fingerprint density at radius 3 is 2.16 bits per heavy atom. The molecular weight excluding hydrogens is 350 g/mol. The van der Waals surface area contributed by atoms with Gasteiger partial charge in [0.25, 0.3) is 11.8 Å². The van der Waals surface area contributed by atoms with Crippen molar-refractivity contribution in [3.63, 3.8) is 0 Å². The van der Waals surface area contributed by atoms with Gasteiger partial charge in [-0.2, -0.15) is 0 Å². The number of amides is 2. The predicted octanol–water partition coefficient (Wildman–Crippen LogP) is 0.821. The van der Waals surface area contributed by atoms with Crippen molar-refractivity contribution in [2.75, 3.05) is 11.0 Å². The minimum Gasteiger partial charge on any atom is -0.324 e. The van der Waals surface area contributed by atoms with Gasteiger partial charge in [-0.05, 0) is 24.3 Å². The van der Waals surface area contributed by atoms with Crippen LogP contribution in [0.1, 0.15) is 31.1 Å². The van der Waals surface area contributed by atoms with E-state index in [1.165, 1.54) is 24.3 Å². The smallest absolute Gasteiger partial charge is 0.324 e. The molecule has 0 aliphatic carbocycles. The second kappa shape index (κ2) is 5.98. The summed E-state index contributed by atoms with van der Waals surface area (Å²) in [7, 11) is -3.50. The van der Waals surface area contributed by atoms with Crippen LogP contribution in [-0.4, -0.2) is 42.5 Å². The number of pyridine rings is 1. The van der Waals surface area contributed by atoms with Crippen molar-refractivity contribution in [1.29, 1.82) is 0 Å². The van der Waals surface area contributed by atoms with Gasteiger partial charge in [-0.15, -0.1) is 0 Å². The Labute approximate surface area is 142 Å². The molecule has 0 unspecified atom stereocenters. The van der Waals surface area contributed by atoms with E-state index in [9.17, 15) is 22.8 Å². The molecule has 1 aromatic heterocycles. The lowest BCUT2D eigenvalue weighted by Crippen LogP contribution is -2.32. The van der Waals surface area contributed by atoms with Crippen LogP contribution >= 0.6 is 0 Å². The average Bonchev–Trinajstić information content (AvgIpc) is 2.79. The maximum Gasteiger partial charge on any atom is 0.365 e. The van der Waals surface area contributed by atoms with Crippen molar-refractivity contribution >= 4 is 33.6 Å². The summed E-state index contributed by atoms with van der Waals surface area (Å²) >= 11 is 0. The molecule has 1 aliphatic rings. The van der Waals surface area contributed by atoms with E-state index in [2.05, 4.69) is 9.71 Å². The van der Waals surface area contributed by atoms with E-state index in [0.717, 1.165) is 12.5 Å². The first-order valence-corrected chi connectivity index (χ1v) is 8.79. The fraction of sp³-hybridized carbons (Fsp3) is 0.0667. The number of benzene rings is 1. The van der Waals surface area contributed by atoms with Crippen LogP contribution in [0.15, 0.2) is 42.6 Å². The molecule has 0 radical (unpaired) electrons. The molecule has 0 atom stereocenters. The molecule has 25 heavy (non-hydrogen) atoms. The average molecular weight is 361 g/mol. The molecule has 0 saturated carbocycles. The maximum atomic E-state index is 12.1. The van der Waals surface area contributed by atoms with Crippen LogP contribution in [0.4, 0.5) is 5.82 Å². The molecule has 0 bridgehead atoms. The number of hydroxylamine groups is 2. The van der Waals surface area contributed by atoms with Crippen molar-refractivity contribution in [3.8, 4) is 0 Å². The molecular formula is C15H11N3O6S. The molecule has 0 spiro atoms. The minimum atomic E-state index is -3.50. The summed E-state index contributed by atoms with van der Waals surface area (Å²) < 4.78 is 24.3. The van der Waals surface area contributed by atoms with Crippen molar-refractivity contribution in [2.45, 2.75) is 0 Å². The number of carbonyl (C=O) groups excluding carboxylic acids is 3. The lowest BCUT2D eigenvalue weighted by atomic mass is 10.1. The Balaban J connectivity index is 1.75. The highest BCUT2D eigenvalue weighted by atomic mass is 32.2. The number of hydrogen-bond acceptors (Lipinski definition) is 7. The summed E-state index contributed by atoms with van der Waals surface area (Å²) in [5, 5.41) is 0.385. The molecule has 2 heterocycles. The summed E-state index contributed by atoms with van der Waals surface area (Å²) in [6.45, 7) is 0. The van der Waals surface area contributed by atoms with E-state index >= 15 is 0 Å². The summed E-state index contributed by atoms with van der Waals surface area (Å²) in [5.74, 6) is -2.44. The van der Waals surface area contributed by atoms with Gasteiger partial charge in [-0.25, -0.2) is 18.2 Å². The van der Waals surface area contributed by atoms with Crippen molar-refractivity contribution in [3.05, 3.63) is 59.3 Å². The zero-order valence-corrected chi connectivity index (χ0v) is 13.6. The third kappa shape index (κ3) is 3.33. The largest absolute Gasteiger partial charge is 0.365 e. The Kier molecular flexibility index (Phi) is 3.97. The summed E-state index contributed by atoms with van der Waals surface area (Å²) in [5.41, 5.74) is 0.229. The normalized spacial score (nSPS) is 13.6. The number of hydrogen-bond donors (Lipinski definition) is 1. The van der Waals surface area contributed by atoms with Crippen LogP contribution in [0, 0.1) is 0 Å². The topological polar surface area (TPSA) is 123 Å². The molecule has 2 aromatic rings. The number of nitrogens with zero attached hydrogens (tertiary/aromatic N) is 2. The Hall–Kier alpha value is -3.27. The monoisotopic (exact) mass is 361 g/mol. The summed E-state index contributed by atoms with van der Waals surface area (Å²) in [6.07, 6.45) is 2.02. The van der Waals surface area contributed by atoms with Crippen LogP contribution in [0.2, 0.25) is 0 Å². The van der Waals surface area contributed by atoms with Gasteiger partial charge in [0.15, 0.2) is 0 Å². The number of aromatic nitrogens is 1. The zero-order chi connectivity index (χ0) is 18.2. The maximum absolute atomic E-state index is 12.1. The van der Waals surface area contributed by atoms with E-state index in [1.54, 1.807) is 12.1 Å². The second-order valence-corrected chi connectivity index (χ2v) is 6.88. The molecule has 1 aromatic carbocycles. The van der Waals surface area contributed by atoms with Crippen molar-refractivity contribution < 1.29 is 27.6 Å². The highest BCUT2D eigenvalue weighted by Gasteiger charge is 2.38. The van der Waals surface area contributed by atoms with Crippen molar-refractivity contribution in [1.82, 2.24) is 10.0 Å². The lowest BCUT2D eigenvalue weighted by molar-refractivity contribution is -0.0584. The highest BCUT2D eigenvalue weighted by Crippen LogP contribution is 2.23. The van der Waals surface area contributed by atoms with Gasteiger partial charge in [-0.3, -0.25) is 14.3 Å². The molecule has 2 amide bonds. The van der Waals surface area contributed by atoms with Gasteiger partial charge in [0, 0.05) is 6.20 Å². The Morgan fingerprint density at radius 2 is 1.68 bits per heavy atom. The second-order valence-electron chi connectivity index (χ2n) is 5.14. The van der Waals surface area contributed by atoms with Crippen molar-refractivity contribution in [2.24, 2.45) is 0 Å². The van der Waals surface area contributed by atoms with E-state index in [4.69, 9.17) is 4.84 Å². The number of imide groups is 1. The SMILES string of the molecule is CS(=O)(=O)Nc1ccc(C(=O)ON2C(=O)c3ccccc3C2=O)cn1. The standard InChI is InChI=1S/C15H11N3O6S/c1-25(22,23)17-12-7-6-9(8-16-12)15(21)24-18-13(19)10-4-2-3-5-11(10)14(18)20/h2-8H,1H3,(H,16,17). The predicted molar refractivity (Wildman–Crippen MR) is 85.1 cm³/mol. The first kappa shape index (κ1) is 16.6. The number of rotatable bonds is 4. The molecule has 0 fully saturated rings. The van der Waals surface area contributed by atoms with Gasteiger partial charge >= 0.3 is 5.97 Å². The zero-order valence-electron chi connectivity index (χ0n) is 12.8. The van der Waals surface area contributed by atoms with Crippen LogP contribution in [-0.2, 0) is 14.9 Å². The van der Waals surface area contributed by atoms with E-state index in [1.807, 2.05) is 0 Å². The molecule has 128 valence electrons. The first-order valence-electron chi connectivity index (χ1n) is 6.90. The van der Waals surface area contributed by atoms with Crippen LogP contribution in [0.5, 0.6) is 0 Å². The summed E-state index contributed by atoms with van der Waals surface area (Å²) in [4.78, 5) is 45.0. The van der Waals surface area contributed by atoms with E-state index < -0.39 is 27.8 Å². The molecule has 0 saturated heterocycles. The van der Waals surface area contributed by atoms with Crippen LogP contribution in [0.3, 0.4) is 0 Å². The third-order valence-corrected chi connectivity index (χ3v) is 3.80. The van der Waals surface area contributed by atoms with Crippen LogP contribution < -0.4 is 4.72 Å². The number of nitrogens with one attached hydrogen (secondary N) is 1. The Morgan fingerprint density at radius 1 is 1.08 bits per heavy atom. The quantitative estimate of drug-likeness (QED) is 0.800. The minimum absolute atomic E-state index is 0.0137. The van der Waals surface area contributed by atoms with Crippen LogP contribution in [0.25, 0.3) is 0 Å². The molecule has 10 heteroatoms.